The third-order valence-electron chi connectivity index (χ3n) is 5.25. The van der Waals surface area contributed by atoms with E-state index in [1.54, 1.807) is 0 Å². The van der Waals surface area contributed by atoms with Gasteiger partial charge in [0.1, 0.15) is 0 Å². The second-order valence-electron chi connectivity index (χ2n) is 7.71. The van der Waals surface area contributed by atoms with Crippen molar-refractivity contribution in [2.45, 2.75) is 116 Å². The first-order chi connectivity index (χ1) is 12.3. The van der Waals surface area contributed by atoms with Gasteiger partial charge in [-0.1, -0.05) is 121 Å². The standard InChI is InChI=1S/C24H42O.H2O/c1-2-3-4-5-6-7-8-9-10-11-12-13-17-20-24(25)22-21-23-18-15-14-16-19-23;/h14-16,18-19,24-25H,2-13,17,20-22H2,1H3;1H2. The summed E-state index contributed by atoms with van der Waals surface area (Å²) in [6, 6.07) is 10.5. The molecule has 0 aliphatic rings. The number of aliphatic hydroxyl groups excluding tert-OH is 1. The number of rotatable bonds is 17. The number of hydrogen-bond donors (Lipinski definition) is 1. The summed E-state index contributed by atoms with van der Waals surface area (Å²) < 4.78 is 0. The van der Waals surface area contributed by atoms with Crippen LogP contribution in [0.4, 0.5) is 0 Å². The molecule has 0 saturated heterocycles. The van der Waals surface area contributed by atoms with E-state index >= 15 is 0 Å². The first kappa shape index (κ1) is 25.1. The molecule has 0 aromatic heterocycles. The summed E-state index contributed by atoms with van der Waals surface area (Å²) in [5.74, 6) is 0. The molecule has 1 aromatic rings. The van der Waals surface area contributed by atoms with Crippen molar-refractivity contribution in [3.63, 3.8) is 0 Å². The molecule has 0 aliphatic heterocycles. The van der Waals surface area contributed by atoms with Gasteiger partial charge in [0.25, 0.3) is 0 Å². The lowest BCUT2D eigenvalue weighted by Crippen LogP contribution is -2.07. The summed E-state index contributed by atoms with van der Waals surface area (Å²) >= 11 is 0. The van der Waals surface area contributed by atoms with Gasteiger partial charge in [-0.15, -0.1) is 0 Å². The van der Waals surface area contributed by atoms with Gasteiger partial charge in [0.2, 0.25) is 0 Å². The molecular weight excluding hydrogens is 320 g/mol. The molecule has 0 amide bonds. The van der Waals surface area contributed by atoms with Crippen LogP contribution < -0.4 is 0 Å². The van der Waals surface area contributed by atoms with E-state index in [1.807, 2.05) is 6.07 Å². The van der Waals surface area contributed by atoms with Crippen LogP contribution in [-0.2, 0) is 6.42 Å². The first-order valence-electron chi connectivity index (χ1n) is 11.0. The van der Waals surface area contributed by atoms with E-state index in [0.717, 1.165) is 19.3 Å². The number of aliphatic hydroxyl groups is 1. The van der Waals surface area contributed by atoms with Crippen LogP contribution in [0.5, 0.6) is 0 Å². The van der Waals surface area contributed by atoms with Crippen molar-refractivity contribution < 1.29 is 10.6 Å². The highest BCUT2D eigenvalue weighted by molar-refractivity contribution is 5.14. The molecule has 1 aromatic carbocycles. The maximum atomic E-state index is 10.1. The molecule has 0 heterocycles. The van der Waals surface area contributed by atoms with E-state index in [0.29, 0.717) is 0 Å². The zero-order chi connectivity index (χ0) is 18.0. The summed E-state index contributed by atoms with van der Waals surface area (Å²) in [5.41, 5.74) is 1.34. The van der Waals surface area contributed by atoms with E-state index in [4.69, 9.17) is 0 Å². The molecular formula is C24H44O2. The molecule has 1 unspecified atom stereocenters. The highest BCUT2D eigenvalue weighted by Gasteiger charge is 2.04. The Bertz CT molecular complexity index is 377. The maximum absolute atomic E-state index is 10.1. The summed E-state index contributed by atoms with van der Waals surface area (Å²) in [6.07, 6.45) is 20.8. The highest BCUT2D eigenvalue weighted by atomic mass is 16.3. The Morgan fingerprint density at radius 3 is 1.62 bits per heavy atom. The Hall–Kier alpha value is -0.860. The van der Waals surface area contributed by atoms with Crippen LogP contribution in [0.2, 0.25) is 0 Å². The molecule has 2 heteroatoms. The normalized spacial score (nSPS) is 11.9. The summed E-state index contributed by atoms with van der Waals surface area (Å²) in [5, 5.41) is 10.1. The molecule has 1 atom stereocenters. The molecule has 1 rings (SSSR count). The quantitative estimate of drug-likeness (QED) is 0.310. The van der Waals surface area contributed by atoms with Gasteiger partial charge >= 0.3 is 0 Å². The summed E-state index contributed by atoms with van der Waals surface area (Å²) in [6.45, 7) is 2.28. The van der Waals surface area contributed by atoms with Crippen LogP contribution in [0, 0.1) is 0 Å². The van der Waals surface area contributed by atoms with Gasteiger partial charge in [0.05, 0.1) is 6.10 Å². The second kappa shape index (κ2) is 18.9. The van der Waals surface area contributed by atoms with Gasteiger partial charge in [0, 0.05) is 0 Å². The fourth-order valence-electron chi connectivity index (χ4n) is 3.52. The fourth-order valence-corrected chi connectivity index (χ4v) is 3.52. The Balaban J connectivity index is 0.00000625. The Labute approximate surface area is 162 Å². The average Bonchev–Trinajstić information content (AvgIpc) is 2.64. The van der Waals surface area contributed by atoms with Crippen molar-refractivity contribution >= 4 is 0 Å². The predicted octanol–water partition coefficient (Wildman–Crippen LogP) is 6.64. The molecule has 2 nitrogen and oxygen atoms in total. The second-order valence-corrected chi connectivity index (χ2v) is 7.71. The van der Waals surface area contributed by atoms with Crippen LogP contribution in [0.3, 0.4) is 0 Å². The van der Waals surface area contributed by atoms with Gasteiger partial charge < -0.3 is 10.6 Å². The topological polar surface area (TPSA) is 51.7 Å². The Kier molecular flexibility index (Phi) is 18.3. The predicted molar refractivity (Wildman–Crippen MR) is 115 cm³/mol. The Morgan fingerprint density at radius 2 is 1.12 bits per heavy atom. The monoisotopic (exact) mass is 364 g/mol. The fraction of sp³-hybridized carbons (Fsp3) is 0.750. The van der Waals surface area contributed by atoms with Crippen LogP contribution in [-0.4, -0.2) is 16.7 Å². The van der Waals surface area contributed by atoms with E-state index in [2.05, 4.69) is 31.2 Å². The molecule has 0 saturated carbocycles. The molecule has 152 valence electrons. The minimum atomic E-state index is -0.118. The van der Waals surface area contributed by atoms with Crippen molar-refractivity contribution in [3.05, 3.63) is 35.9 Å². The molecule has 0 radical (unpaired) electrons. The van der Waals surface area contributed by atoms with Crippen LogP contribution in [0.1, 0.15) is 109 Å². The lowest BCUT2D eigenvalue weighted by Gasteiger charge is -2.10. The van der Waals surface area contributed by atoms with Gasteiger partial charge in [-0.2, -0.15) is 0 Å². The smallest absolute Gasteiger partial charge is 0.0543 e. The van der Waals surface area contributed by atoms with Crippen molar-refractivity contribution in [1.29, 1.82) is 0 Å². The van der Waals surface area contributed by atoms with Crippen molar-refractivity contribution in [2.24, 2.45) is 0 Å². The van der Waals surface area contributed by atoms with Crippen molar-refractivity contribution in [3.8, 4) is 0 Å². The first-order valence-corrected chi connectivity index (χ1v) is 11.0. The van der Waals surface area contributed by atoms with Crippen LogP contribution in [0.25, 0.3) is 0 Å². The number of unbranched alkanes of at least 4 members (excludes halogenated alkanes) is 12. The molecule has 0 fully saturated rings. The van der Waals surface area contributed by atoms with E-state index in [-0.39, 0.29) is 11.6 Å². The van der Waals surface area contributed by atoms with Crippen LogP contribution >= 0.6 is 0 Å². The zero-order valence-electron chi connectivity index (χ0n) is 17.2. The molecule has 0 bridgehead atoms. The summed E-state index contributed by atoms with van der Waals surface area (Å²) in [4.78, 5) is 0. The SMILES string of the molecule is CCCCCCCCCCCCCCCC(O)CCc1ccccc1.O. The number of hydrogen-bond acceptors (Lipinski definition) is 1. The number of aryl methyl sites for hydroxylation is 1. The largest absolute Gasteiger partial charge is 0.412 e. The third-order valence-corrected chi connectivity index (χ3v) is 5.25. The minimum Gasteiger partial charge on any atom is -0.412 e. The summed E-state index contributed by atoms with van der Waals surface area (Å²) in [7, 11) is 0. The van der Waals surface area contributed by atoms with Crippen molar-refractivity contribution in [1.82, 2.24) is 0 Å². The minimum absolute atomic E-state index is 0. The molecule has 0 spiro atoms. The maximum Gasteiger partial charge on any atom is 0.0543 e. The molecule has 3 N–H and O–H groups in total. The van der Waals surface area contributed by atoms with Gasteiger partial charge in [-0.25, -0.2) is 0 Å². The molecule has 0 aliphatic carbocycles. The van der Waals surface area contributed by atoms with E-state index < -0.39 is 0 Å². The number of benzene rings is 1. The average molecular weight is 365 g/mol. The molecule has 26 heavy (non-hydrogen) atoms. The van der Waals surface area contributed by atoms with E-state index in [9.17, 15) is 5.11 Å². The Morgan fingerprint density at radius 1 is 0.654 bits per heavy atom. The zero-order valence-corrected chi connectivity index (χ0v) is 17.2. The van der Waals surface area contributed by atoms with E-state index in [1.165, 1.54) is 89.0 Å². The van der Waals surface area contributed by atoms with Crippen LogP contribution in [0.15, 0.2) is 30.3 Å². The third kappa shape index (κ3) is 15.4. The van der Waals surface area contributed by atoms with Gasteiger partial charge in [0.15, 0.2) is 0 Å². The lowest BCUT2D eigenvalue weighted by atomic mass is 10.0. The van der Waals surface area contributed by atoms with Gasteiger partial charge in [-0.05, 0) is 24.8 Å². The van der Waals surface area contributed by atoms with Gasteiger partial charge in [-0.3, -0.25) is 0 Å². The lowest BCUT2D eigenvalue weighted by molar-refractivity contribution is 0.151. The highest BCUT2D eigenvalue weighted by Crippen LogP contribution is 2.14. The van der Waals surface area contributed by atoms with Crippen molar-refractivity contribution in [2.75, 3.05) is 0 Å².